The van der Waals surface area contributed by atoms with Crippen LogP contribution in [0.15, 0.2) is 49.8 Å². The molecule has 24 heavy (non-hydrogen) atoms. The first-order valence-electron chi connectivity index (χ1n) is 8.37. The Morgan fingerprint density at radius 3 is 2.75 bits per heavy atom. The molecular weight excluding hydrogens is 305 g/mol. The highest BCUT2D eigenvalue weighted by molar-refractivity contribution is 6.05. The second-order valence-electron chi connectivity index (χ2n) is 6.08. The van der Waals surface area contributed by atoms with Crippen molar-refractivity contribution in [1.29, 1.82) is 0 Å². The monoisotopic (exact) mass is 331 g/mol. The molecule has 2 aliphatic rings. The molecule has 0 spiro atoms. The van der Waals surface area contributed by atoms with E-state index in [1.165, 1.54) is 12.3 Å². The smallest absolute Gasteiger partial charge is 0.143 e. The zero-order valence-corrected chi connectivity index (χ0v) is 14.4. The van der Waals surface area contributed by atoms with Gasteiger partial charge in [0.25, 0.3) is 0 Å². The first-order chi connectivity index (χ1) is 11.6. The number of nitrogens with two attached hydrogens (primary N) is 2. The predicted octanol–water partition coefficient (Wildman–Crippen LogP) is 2.84. The molecule has 1 aliphatic heterocycles. The van der Waals surface area contributed by atoms with Crippen molar-refractivity contribution in [2.45, 2.75) is 51.2 Å². The van der Waals surface area contributed by atoms with Crippen LogP contribution in [0.5, 0.6) is 0 Å². The van der Waals surface area contributed by atoms with E-state index in [0.717, 1.165) is 43.4 Å². The summed E-state index contributed by atoms with van der Waals surface area (Å²) in [5.74, 6) is 0. The summed E-state index contributed by atoms with van der Waals surface area (Å²) in [5.41, 5.74) is 15.7. The molecule has 1 heterocycles. The highest BCUT2D eigenvalue weighted by Gasteiger charge is 2.20. The molecule has 1 saturated carbocycles. The Morgan fingerprint density at radius 2 is 2.08 bits per heavy atom. The van der Waals surface area contributed by atoms with Crippen LogP contribution in [-0.4, -0.2) is 37.4 Å². The van der Waals surface area contributed by atoms with Crippen molar-refractivity contribution >= 4 is 18.1 Å². The molecular formula is C18H26FN5. The molecule has 6 heteroatoms. The number of aliphatic imine (C=N–C) groups is 3. The van der Waals surface area contributed by atoms with Crippen molar-refractivity contribution in [3.63, 3.8) is 0 Å². The van der Waals surface area contributed by atoms with E-state index >= 15 is 0 Å². The number of rotatable bonds is 3. The van der Waals surface area contributed by atoms with Crippen LogP contribution in [0.2, 0.25) is 0 Å². The average Bonchev–Trinajstić information content (AvgIpc) is 2.81. The maximum atomic E-state index is 13.9. The molecule has 0 saturated heterocycles. The molecule has 5 nitrogen and oxygen atoms in total. The highest BCUT2D eigenvalue weighted by atomic mass is 19.1. The van der Waals surface area contributed by atoms with Crippen molar-refractivity contribution in [1.82, 2.24) is 0 Å². The molecule has 0 amide bonds. The first kappa shape index (κ1) is 18.1. The van der Waals surface area contributed by atoms with E-state index in [1.807, 2.05) is 0 Å². The van der Waals surface area contributed by atoms with Gasteiger partial charge in [-0.15, -0.1) is 0 Å². The standard InChI is InChI=1S/C18H26FN5/c1-12-16(19)8-14(11-23-12)24-17-7-5-3-4-6-15(17)18(21)13(9-20)10-22-2/h8-12,16H,3-7,20-21H2,1-2H3. The first-order valence-corrected chi connectivity index (χ1v) is 8.37. The Kier molecular flexibility index (Phi) is 6.46. The Balaban J connectivity index is 2.42. The van der Waals surface area contributed by atoms with Crippen LogP contribution in [-0.2, 0) is 0 Å². The zero-order chi connectivity index (χ0) is 17.5. The average molecular weight is 331 g/mol. The van der Waals surface area contributed by atoms with Gasteiger partial charge in [-0.2, -0.15) is 0 Å². The van der Waals surface area contributed by atoms with E-state index in [1.54, 1.807) is 26.4 Å². The maximum Gasteiger partial charge on any atom is 0.143 e. The molecule has 2 atom stereocenters. The minimum atomic E-state index is -1.10. The number of hydrogen-bond donors (Lipinski definition) is 2. The molecule has 2 unspecified atom stereocenters. The summed E-state index contributed by atoms with van der Waals surface area (Å²) in [4.78, 5) is 12.8. The molecule has 0 aromatic carbocycles. The molecule has 1 aliphatic carbocycles. The van der Waals surface area contributed by atoms with Crippen LogP contribution in [0, 0.1) is 0 Å². The summed E-state index contributed by atoms with van der Waals surface area (Å²) < 4.78 is 13.9. The second-order valence-corrected chi connectivity index (χ2v) is 6.08. The number of allylic oxidation sites excluding steroid dienone is 3. The zero-order valence-electron chi connectivity index (χ0n) is 14.4. The van der Waals surface area contributed by atoms with Gasteiger partial charge in [0, 0.05) is 42.7 Å². The van der Waals surface area contributed by atoms with Gasteiger partial charge in [-0.05, 0) is 44.3 Å². The van der Waals surface area contributed by atoms with E-state index in [0.29, 0.717) is 17.0 Å². The van der Waals surface area contributed by atoms with Crippen molar-refractivity contribution < 1.29 is 4.39 Å². The summed E-state index contributed by atoms with van der Waals surface area (Å²) in [5, 5.41) is 0. The Labute approximate surface area is 142 Å². The molecule has 0 radical (unpaired) electrons. The van der Waals surface area contributed by atoms with E-state index in [-0.39, 0.29) is 6.04 Å². The molecule has 0 aromatic rings. The summed E-state index contributed by atoms with van der Waals surface area (Å²) >= 11 is 0. The van der Waals surface area contributed by atoms with Crippen LogP contribution < -0.4 is 11.5 Å². The Bertz CT molecular complexity index is 640. The number of alkyl halides is 1. The lowest BCUT2D eigenvalue weighted by molar-refractivity contribution is 0.351. The second kappa shape index (κ2) is 8.57. The molecule has 2 rings (SSSR count). The van der Waals surface area contributed by atoms with Crippen LogP contribution >= 0.6 is 0 Å². The largest absolute Gasteiger partial charge is 0.404 e. The SMILES string of the molecule is CN=CC(=CN)C(N)=C1CCCCCC1=NC1=CC(F)C(C)N=C1. The van der Waals surface area contributed by atoms with Gasteiger partial charge in [-0.25, -0.2) is 4.39 Å². The predicted molar refractivity (Wildman–Crippen MR) is 99.4 cm³/mol. The lowest BCUT2D eigenvalue weighted by atomic mass is 9.99. The normalized spacial score (nSPS) is 29.7. The summed E-state index contributed by atoms with van der Waals surface area (Å²) in [7, 11) is 1.68. The third-order valence-corrected chi connectivity index (χ3v) is 4.27. The van der Waals surface area contributed by atoms with E-state index in [9.17, 15) is 4.39 Å². The quantitative estimate of drug-likeness (QED) is 0.615. The lowest BCUT2D eigenvalue weighted by Gasteiger charge is -2.16. The molecule has 1 fully saturated rings. The Morgan fingerprint density at radius 1 is 1.33 bits per heavy atom. The summed E-state index contributed by atoms with van der Waals surface area (Å²) in [6.45, 7) is 1.75. The van der Waals surface area contributed by atoms with Gasteiger partial charge in [0.2, 0.25) is 0 Å². The van der Waals surface area contributed by atoms with Gasteiger partial charge in [0.05, 0.1) is 11.7 Å². The topological polar surface area (TPSA) is 89.1 Å². The fourth-order valence-electron chi connectivity index (χ4n) is 2.84. The maximum absolute atomic E-state index is 13.9. The summed E-state index contributed by atoms with van der Waals surface area (Å²) in [6, 6.07) is -0.351. The van der Waals surface area contributed by atoms with Gasteiger partial charge in [0.1, 0.15) is 6.17 Å². The number of dihydropyridines is 1. The molecule has 0 aromatic heterocycles. The van der Waals surface area contributed by atoms with Crippen LogP contribution in [0.3, 0.4) is 0 Å². The van der Waals surface area contributed by atoms with Gasteiger partial charge < -0.3 is 11.5 Å². The Hall–Kier alpha value is -2.24. The third kappa shape index (κ3) is 4.40. The molecule has 4 N–H and O–H groups in total. The van der Waals surface area contributed by atoms with Crippen LogP contribution in [0.4, 0.5) is 4.39 Å². The minimum Gasteiger partial charge on any atom is -0.404 e. The van der Waals surface area contributed by atoms with Gasteiger partial charge in [-0.1, -0.05) is 6.42 Å². The van der Waals surface area contributed by atoms with Crippen molar-refractivity contribution in [2.75, 3.05) is 7.05 Å². The van der Waals surface area contributed by atoms with Gasteiger partial charge in [-0.3, -0.25) is 15.0 Å². The van der Waals surface area contributed by atoms with Crippen molar-refractivity contribution in [3.8, 4) is 0 Å². The van der Waals surface area contributed by atoms with E-state index < -0.39 is 6.17 Å². The van der Waals surface area contributed by atoms with E-state index in [2.05, 4.69) is 15.0 Å². The van der Waals surface area contributed by atoms with Crippen molar-refractivity contribution in [3.05, 3.63) is 34.8 Å². The van der Waals surface area contributed by atoms with Gasteiger partial charge >= 0.3 is 0 Å². The fourth-order valence-corrected chi connectivity index (χ4v) is 2.84. The lowest BCUT2D eigenvalue weighted by Crippen LogP contribution is -2.19. The minimum absolute atomic E-state index is 0.351. The number of halogens is 1. The highest BCUT2D eigenvalue weighted by Crippen LogP contribution is 2.25. The molecule has 130 valence electrons. The van der Waals surface area contributed by atoms with Crippen LogP contribution in [0.25, 0.3) is 0 Å². The summed E-state index contributed by atoms with van der Waals surface area (Å²) in [6.07, 6.45) is 10.0. The van der Waals surface area contributed by atoms with Crippen molar-refractivity contribution in [2.24, 2.45) is 26.4 Å². The van der Waals surface area contributed by atoms with E-state index in [4.69, 9.17) is 11.5 Å². The fraction of sp³-hybridized carbons (Fsp3) is 0.500. The third-order valence-electron chi connectivity index (χ3n) is 4.27. The number of hydrogen-bond acceptors (Lipinski definition) is 5. The van der Waals surface area contributed by atoms with Crippen LogP contribution in [0.1, 0.15) is 39.0 Å². The molecule has 0 bridgehead atoms. The number of nitrogens with zero attached hydrogens (tertiary/aromatic N) is 3. The van der Waals surface area contributed by atoms with Gasteiger partial charge in [0.15, 0.2) is 0 Å².